The number of nitrogens with zero attached hydrogens (tertiary/aromatic N) is 2. The van der Waals surface area contributed by atoms with Crippen LogP contribution in [0.2, 0.25) is 0 Å². The molecule has 5 atom stereocenters. The molecular weight excluding hydrogens is 397 g/mol. The molecule has 9 nitrogen and oxygen atoms in total. The molecule has 4 rings (SSSR count). The van der Waals surface area contributed by atoms with Crippen molar-refractivity contribution in [1.29, 1.82) is 0 Å². The van der Waals surface area contributed by atoms with E-state index in [1.807, 2.05) is 0 Å². The van der Waals surface area contributed by atoms with Crippen LogP contribution >= 0.6 is 0 Å². The van der Waals surface area contributed by atoms with Crippen LogP contribution in [-0.2, 0) is 14.3 Å². The number of ether oxygens (including phenoxy) is 1. The molecule has 30 heavy (non-hydrogen) atoms. The lowest BCUT2D eigenvalue weighted by molar-refractivity contribution is -0.141. The van der Waals surface area contributed by atoms with Crippen molar-refractivity contribution in [3.8, 4) is 0 Å². The number of carbonyl (C=O) groups is 3. The second-order valence-electron chi connectivity index (χ2n) is 8.05. The Balaban J connectivity index is 1.38. The molecule has 0 radical (unpaired) electrons. The third-order valence-electron chi connectivity index (χ3n) is 6.07. The van der Waals surface area contributed by atoms with E-state index in [4.69, 9.17) is 9.84 Å². The minimum absolute atomic E-state index is 0.00702. The van der Waals surface area contributed by atoms with Gasteiger partial charge in [0.25, 0.3) is 5.91 Å². The van der Waals surface area contributed by atoms with E-state index in [9.17, 15) is 23.9 Å². The lowest BCUT2D eigenvalue weighted by Crippen LogP contribution is -2.40. The summed E-state index contributed by atoms with van der Waals surface area (Å²) in [6.45, 7) is 2.03. The van der Waals surface area contributed by atoms with Gasteiger partial charge in [0, 0.05) is 20.0 Å². The first-order valence-electron chi connectivity index (χ1n) is 9.90. The Morgan fingerprint density at radius 2 is 2.00 bits per heavy atom. The van der Waals surface area contributed by atoms with Gasteiger partial charge in [-0.25, -0.2) is 9.18 Å². The van der Waals surface area contributed by atoms with Crippen molar-refractivity contribution < 1.29 is 33.7 Å². The molecule has 3 amide bonds. The number of hydrogen-bond acceptors (Lipinski definition) is 6. The summed E-state index contributed by atoms with van der Waals surface area (Å²) in [7, 11) is 0. The van der Waals surface area contributed by atoms with Crippen LogP contribution < -0.4 is 10.2 Å². The third kappa shape index (κ3) is 3.72. The highest BCUT2D eigenvalue weighted by molar-refractivity contribution is 5.90. The molecule has 0 aromatic heterocycles. The lowest BCUT2D eigenvalue weighted by Gasteiger charge is -2.22. The highest BCUT2D eigenvalue weighted by Gasteiger charge is 2.58. The first-order chi connectivity index (χ1) is 14.3. The summed E-state index contributed by atoms with van der Waals surface area (Å²) in [6, 6.07) is 4.65. The number of rotatable bonds is 6. The van der Waals surface area contributed by atoms with Crippen LogP contribution in [0, 0.1) is 17.7 Å². The fraction of sp³-hybridized carbons (Fsp3) is 0.550. The minimum Gasteiger partial charge on any atom is -0.442 e. The number of anilines is 1. The number of aliphatic hydroxyl groups excluding tert-OH is 2. The maximum Gasteiger partial charge on any atom is 0.414 e. The number of piperidine rings is 1. The van der Waals surface area contributed by atoms with Gasteiger partial charge in [0.15, 0.2) is 6.10 Å². The molecule has 3 N–H and O–H groups in total. The molecule has 2 aliphatic heterocycles. The average molecular weight is 421 g/mol. The molecule has 3 aliphatic rings. The number of aliphatic hydroxyl groups is 2. The Labute approximate surface area is 172 Å². The Bertz CT molecular complexity index is 868. The van der Waals surface area contributed by atoms with E-state index in [2.05, 4.69) is 5.32 Å². The molecule has 0 bridgehead atoms. The fourth-order valence-corrected chi connectivity index (χ4v) is 4.51. The molecule has 0 spiro atoms. The molecule has 3 fully saturated rings. The van der Waals surface area contributed by atoms with Gasteiger partial charge in [-0.2, -0.15) is 0 Å². The maximum absolute atomic E-state index is 14.8. The zero-order chi connectivity index (χ0) is 21.6. The Morgan fingerprint density at radius 1 is 1.30 bits per heavy atom. The van der Waals surface area contributed by atoms with Gasteiger partial charge in [-0.1, -0.05) is 6.07 Å². The largest absolute Gasteiger partial charge is 0.442 e. The Kier molecular flexibility index (Phi) is 5.37. The van der Waals surface area contributed by atoms with Gasteiger partial charge in [0.2, 0.25) is 5.91 Å². The number of nitrogens with one attached hydrogen (secondary N) is 1. The summed E-state index contributed by atoms with van der Waals surface area (Å²) < 4.78 is 20.0. The van der Waals surface area contributed by atoms with Gasteiger partial charge in [-0.05, 0) is 35.4 Å². The van der Waals surface area contributed by atoms with Crippen molar-refractivity contribution >= 4 is 23.6 Å². The van der Waals surface area contributed by atoms with Gasteiger partial charge in [0.05, 0.1) is 25.4 Å². The van der Waals surface area contributed by atoms with Crippen LogP contribution in [-0.4, -0.2) is 78.0 Å². The molecule has 1 saturated carbocycles. The number of likely N-dealkylation sites (tertiary alicyclic amines) is 1. The van der Waals surface area contributed by atoms with Crippen molar-refractivity contribution in [2.45, 2.75) is 25.0 Å². The standard InChI is InChI=1S/C20H24FN3O6/c1-10(26)22-5-12-6-24(20(29)30-12)11-2-3-13(16(21)4-11)18-14-7-23(8-15(14)18)19(28)17(27)9-25/h2-4,12,14-15,17-18,25,27H,5-9H2,1H3,(H,22,26)/t12-,14-,15+,17-,18+/m0/s1. The zero-order valence-corrected chi connectivity index (χ0v) is 16.5. The monoisotopic (exact) mass is 421 g/mol. The third-order valence-corrected chi connectivity index (χ3v) is 6.07. The Morgan fingerprint density at radius 3 is 2.60 bits per heavy atom. The minimum atomic E-state index is -1.41. The predicted octanol–water partition coefficient (Wildman–Crippen LogP) is -0.188. The molecule has 2 heterocycles. The number of amides is 3. The van der Waals surface area contributed by atoms with Crippen LogP contribution in [0.3, 0.4) is 0 Å². The summed E-state index contributed by atoms with van der Waals surface area (Å²) in [5.41, 5.74) is 0.936. The summed E-state index contributed by atoms with van der Waals surface area (Å²) in [5, 5.41) is 21.0. The lowest BCUT2D eigenvalue weighted by atomic mass is 10.0. The molecule has 10 heteroatoms. The van der Waals surface area contributed by atoms with Gasteiger partial charge in [-0.3, -0.25) is 14.5 Å². The summed E-state index contributed by atoms with van der Waals surface area (Å²) in [6.07, 6.45) is -2.49. The second kappa shape index (κ2) is 7.84. The number of halogens is 1. The van der Waals surface area contributed by atoms with Crippen molar-refractivity contribution in [3.63, 3.8) is 0 Å². The highest BCUT2D eigenvalue weighted by atomic mass is 19.1. The number of hydrogen-bond donors (Lipinski definition) is 3. The van der Waals surface area contributed by atoms with Gasteiger partial charge in [-0.15, -0.1) is 0 Å². The number of carbonyl (C=O) groups excluding carboxylic acids is 3. The zero-order valence-electron chi connectivity index (χ0n) is 16.5. The van der Waals surface area contributed by atoms with E-state index >= 15 is 0 Å². The van der Waals surface area contributed by atoms with E-state index in [1.54, 1.807) is 12.1 Å². The van der Waals surface area contributed by atoms with Crippen molar-refractivity contribution in [2.75, 3.05) is 37.7 Å². The second-order valence-corrected chi connectivity index (χ2v) is 8.05. The molecule has 1 aromatic carbocycles. The average Bonchev–Trinajstić information content (AvgIpc) is 3.04. The quantitative estimate of drug-likeness (QED) is 0.586. The van der Waals surface area contributed by atoms with Crippen LogP contribution in [0.25, 0.3) is 0 Å². The predicted molar refractivity (Wildman–Crippen MR) is 102 cm³/mol. The van der Waals surface area contributed by atoms with E-state index in [0.29, 0.717) is 24.3 Å². The summed E-state index contributed by atoms with van der Waals surface area (Å²) in [5.74, 6) is -0.898. The van der Waals surface area contributed by atoms with Crippen LogP contribution in [0.1, 0.15) is 18.4 Å². The fourth-order valence-electron chi connectivity index (χ4n) is 4.51. The topological polar surface area (TPSA) is 119 Å². The van der Waals surface area contributed by atoms with E-state index in [-0.39, 0.29) is 36.8 Å². The molecule has 2 saturated heterocycles. The van der Waals surface area contributed by atoms with Gasteiger partial charge in [0.1, 0.15) is 11.9 Å². The van der Waals surface area contributed by atoms with E-state index in [1.165, 1.54) is 22.8 Å². The number of fused-ring (bicyclic) bond motifs is 1. The van der Waals surface area contributed by atoms with E-state index < -0.39 is 36.6 Å². The summed E-state index contributed by atoms with van der Waals surface area (Å²) >= 11 is 0. The first-order valence-corrected chi connectivity index (χ1v) is 9.90. The number of cyclic esters (lactones) is 1. The van der Waals surface area contributed by atoms with Crippen LogP contribution in [0.15, 0.2) is 18.2 Å². The van der Waals surface area contributed by atoms with Crippen LogP contribution in [0.5, 0.6) is 0 Å². The van der Waals surface area contributed by atoms with E-state index in [0.717, 1.165) is 0 Å². The molecule has 1 aromatic rings. The first kappa shape index (κ1) is 20.5. The molecule has 0 unspecified atom stereocenters. The van der Waals surface area contributed by atoms with Crippen molar-refractivity contribution in [2.24, 2.45) is 11.8 Å². The van der Waals surface area contributed by atoms with Crippen LogP contribution in [0.4, 0.5) is 14.9 Å². The van der Waals surface area contributed by atoms with Crippen molar-refractivity contribution in [1.82, 2.24) is 10.2 Å². The Hall–Kier alpha value is -2.72. The molecule has 162 valence electrons. The summed E-state index contributed by atoms with van der Waals surface area (Å²) in [4.78, 5) is 37.9. The molecule has 1 aliphatic carbocycles. The maximum atomic E-state index is 14.8. The highest BCUT2D eigenvalue weighted by Crippen LogP contribution is 2.58. The smallest absolute Gasteiger partial charge is 0.414 e. The van der Waals surface area contributed by atoms with Gasteiger partial charge >= 0.3 is 6.09 Å². The van der Waals surface area contributed by atoms with Gasteiger partial charge < -0.3 is 25.2 Å². The SMILES string of the molecule is CC(=O)NC[C@H]1CN(c2ccc([C@H]3[C@@H]4CN(C(=O)[C@@H](O)CO)C[C@@H]43)c(F)c2)C(=O)O1. The number of benzene rings is 1. The van der Waals surface area contributed by atoms with Crippen molar-refractivity contribution in [3.05, 3.63) is 29.6 Å². The molecular formula is C20H24FN3O6. The normalized spacial score (nSPS) is 28.2.